The molecule has 1 amide bonds. The summed E-state index contributed by atoms with van der Waals surface area (Å²) in [6, 6.07) is 9.81. The van der Waals surface area contributed by atoms with Gasteiger partial charge >= 0.3 is 0 Å². The van der Waals surface area contributed by atoms with Gasteiger partial charge in [0.15, 0.2) is 0 Å². The third kappa shape index (κ3) is 4.05. The number of carbonyl (C=O) groups excluding carboxylic acids is 1. The highest BCUT2D eigenvalue weighted by molar-refractivity contribution is 7.89. The number of sulfonamides is 1. The molecule has 2 rings (SSSR count). The van der Waals surface area contributed by atoms with E-state index in [1.54, 1.807) is 11.8 Å². The minimum atomic E-state index is -3.18. The third-order valence-corrected chi connectivity index (χ3v) is 4.85. The molecule has 0 aromatic heterocycles. The molecule has 1 heterocycles. The first-order chi connectivity index (χ1) is 9.50. The van der Waals surface area contributed by atoms with Crippen LogP contribution < -0.4 is 4.72 Å². The van der Waals surface area contributed by atoms with Gasteiger partial charge in [-0.05, 0) is 18.4 Å². The van der Waals surface area contributed by atoms with E-state index in [1.807, 2.05) is 30.3 Å². The van der Waals surface area contributed by atoms with Gasteiger partial charge < -0.3 is 4.90 Å². The second-order valence-corrected chi connectivity index (χ2v) is 7.18. The van der Waals surface area contributed by atoms with Crippen molar-refractivity contribution in [2.45, 2.75) is 19.9 Å². The SMILES string of the molecule is CCS(=O)(=O)NCC1CC(=O)N(Cc2ccccc2)C1. The Labute approximate surface area is 120 Å². The van der Waals surface area contributed by atoms with Crippen molar-refractivity contribution in [1.82, 2.24) is 9.62 Å². The maximum Gasteiger partial charge on any atom is 0.223 e. The van der Waals surface area contributed by atoms with Gasteiger partial charge in [-0.15, -0.1) is 0 Å². The van der Waals surface area contributed by atoms with E-state index in [0.29, 0.717) is 26.1 Å². The van der Waals surface area contributed by atoms with E-state index in [4.69, 9.17) is 0 Å². The zero-order valence-corrected chi connectivity index (χ0v) is 12.4. The summed E-state index contributed by atoms with van der Waals surface area (Å²) in [6.07, 6.45) is 0.416. The van der Waals surface area contributed by atoms with Gasteiger partial charge in [-0.25, -0.2) is 13.1 Å². The monoisotopic (exact) mass is 296 g/mol. The number of carbonyl (C=O) groups is 1. The Bertz CT molecular complexity index is 557. The zero-order valence-electron chi connectivity index (χ0n) is 11.6. The van der Waals surface area contributed by atoms with Crippen LogP contribution in [0.2, 0.25) is 0 Å². The fourth-order valence-corrected chi connectivity index (χ4v) is 2.99. The van der Waals surface area contributed by atoms with Crippen molar-refractivity contribution in [3.05, 3.63) is 35.9 Å². The molecule has 1 N–H and O–H groups in total. The van der Waals surface area contributed by atoms with Crippen LogP contribution in [-0.4, -0.2) is 38.1 Å². The van der Waals surface area contributed by atoms with Gasteiger partial charge in [-0.3, -0.25) is 4.79 Å². The number of likely N-dealkylation sites (tertiary alicyclic amines) is 1. The highest BCUT2D eigenvalue weighted by Crippen LogP contribution is 2.19. The molecule has 1 saturated heterocycles. The molecule has 0 saturated carbocycles. The van der Waals surface area contributed by atoms with Crippen molar-refractivity contribution >= 4 is 15.9 Å². The lowest BCUT2D eigenvalue weighted by Gasteiger charge is -2.17. The lowest BCUT2D eigenvalue weighted by Crippen LogP contribution is -2.32. The van der Waals surface area contributed by atoms with Gasteiger partial charge in [-0.2, -0.15) is 0 Å². The third-order valence-electron chi connectivity index (χ3n) is 3.48. The Morgan fingerprint density at radius 1 is 1.30 bits per heavy atom. The van der Waals surface area contributed by atoms with E-state index in [-0.39, 0.29) is 17.6 Å². The van der Waals surface area contributed by atoms with E-state index in [0.717, 1.165) is 5.56 Å². The summed E-state index contributed by atoms with van der Waals surface area (Å²) in [7, 11) is -3.18. The van der Waals surface area contributed by atoms with Crippen LogP contribution in [0.3, 0.4) is 0 Å². The molecule has 1 atom stereocenters. The molecule has 1 unspecified atom stereocenters. The van der Waals surface area contributed by atoms with Gasteiger partial charge in [0.25, 0.3) is 0 Å². The van der Waals surface area contributed by atoms with Crippen LogP contribution in [0, 0.1) is 5.92 Å². The van der Waals surface area contributed by atoms with Crippen LogP contribution in [0.5, 0.6) is 0 Å². The molecule has 0 bridgehead atoms. The van der Waals surface area contributed by atoms with Crippen molar-refractivity contribution in [2.24, 2.45) is 5.92 Å². The number of amides is 1. The molecule has 1 aliphatic heterocycles. The Kier molecular flexibility index (Phi) is 4.77. The van der Waals surface area contributed by atoms with E-state index in [2.05, 4.69) is 4.72 Å². The topological polar surface area (TPSA) is 66.5 Å². The van der Waals surface area contributed by atoms with Crippen LogP contribution in [0.4, 0.5) is 0 Å². The van der Waals surface area contributed by atoms with Crippen molar-refractivity contribution in [2.75, 3.05) is 18.8 Å². The molecule has 5 nitrogen and oxygen atoms in total. The van der Waals surface area contributed by atoms with E-state index < -0.39 is 10.0 Å². The van der Waals surface area contributed by atoms with Gasteiger partial charge in [-0.1, -0.05) is 30.3 Å². The standard InChI is InChI=1S/C14H20N2O3S/c1-2-20(18,19)15-9-13-8-14(17)16(11-13)10-12-6-4-3-5-7-12/h3-7,13,15H,2,8-11H2,1H3. The van der Waals surface area contributed by atoms with Crippen molar-refractivity contribution in [3.8, 4) is 0 Å². The molecule has 6 heteroatoms. The predicted molar refractivity (Wildman–Crippen MR) is 77.4 cm³/mol. The second kappa shape index (κ2) is 6.37. The van der Waals surface area contributed by atoms with Crippen molar-refractivity contribution in [1.29, 1.82) is 0 Å². The lowest BCUT2D eigenvalue weighted by atomic mass is 10.1. The molecule has 0 aliphatic carbocycles. The smallest absolute Gasteiger partial charge is 0.223 e. The van der Waals surface area contributed by atoms with Crippen LogP contribution in [0.1, 0.15) is 18.9 Å². The van der Waals surface area contributed by atoms with Gasteiger partial charge in [0, 0.05) is 26.1 Å². The van der Waals surface area contributed by atoms with Crippen molar-refractivity contribution < 1.29 is 13.2 Å². The fourth-order valence-electron chi connectivity index (χ4n) is 2.29. The molecule has 0 radical (unpaired) electrons. The molecular weight excluding hydrogens is 276 g/mol. The minimum Gasteiger partial charge on any atom is -0.338 e. The summed E-state index contributed by atoms with van der Waals surface area (Å²) in [5, 5.41) is 0. The van der Waals surface area contributed by atoms with Gasteiger partial charge in [0.1, 0.15) is 0 Å². The summed E-state index contributed by atoms with van der Waals surface area (Å²) >= 11 is 0. The van der Waals surface area contributed by atoms with Crippen molar-refractivity contribution in [3.63, 3.8) is 0 Å². The van der Waals surface area contributed by atoms with Crippen LogP contribution >= 0.6 is 0 Å². The number of rotatable bonds is 6. The zero-order chi connectivity index (χ0) is 14.6. The molecule has 0 spiro atoms. The maximum atomic E-state index is 11.9. The number of benzene rings is 1. The number of hydrogen-bond donors (Lipinski definition) is 1. The first-order valence-electron chi connectivity index (χ1n) is 6.79. The second-order valence-electron chi connectivity index (χ2n) is 5.08. The van der Waals surface area contributed by atoms with E-state index in [9.17, 15) is 13.2 Å². The Morgan fingerprint density at radius 3 is 2.65 bits per heavy atom. The molecular formula is C14H20N2O3S. The van der Waals surface area contributed by atoms with Crippen LogP contribution in [-0.2, 0) is 21.4 Å². The lowest BCUT2D eigenvalue weighted by molar-refractivity contribution is -0.128. The Balaban J connectivity index is 1.88. The van der Waals surface area contributed by atoms with Gasteiger partial charge in [0.2, 0.25) is 15.9 Å². The molecule has 1 aromatic rings. The predicted octanol–water partition coefficient (Wildman–Crippen LogP) is 0.974. The summed E-state index contributed by atoms with van der Waals surface area (Å²) < 4.78 is 25.3. The molecule has 1 aromatic carbocycles. The maximum absolute atomic E-state index is 11.9. The molecule has 20 heavy (non-hydrogen) atoms. The van der Waals surface area contributed by atoms with E-state index >= 15 is 0 Å². The summed E-state index contributed by atoms with van der Waals surface area (Å²) in [5.41, 5.74) is 1.09. The fraction of sp³-hybridized carbons (Fsp3) is 0.500. The largest absolute Gasteiger partial charge is 0.338 e. The summed E-state index contributed by atoms with van der Waals surface area (Å²) in [6.45, 7) is 3.15. The number of nitrogens with zero attached hydrogens (tertiary/aromatic N) is 1. The summed E-state index contributed by atoms with van der Waals surface area (Å²) in [4.78, 5) is 13.7. The highest BCUT2D eigenvalue weighted by Gasteiger charge is 2.29. The van der Waals surface area contributed by atoms with Gasteiger partial charge in [0.05, 0.1) is 5.75 Å². The average molecular weight is 296 g/mol. The molecule has 1 fully saturated rings. The Morgan fingerprint density at radius 2 is 2.00 bits per heavy atom. The molecule has 110 valence electrons. The average Bonchev–Trinajstić information content (AvgIpc) is 2.79. The first kappa shape index (κ1) is 15.0. The Hall–Kier alpha value is -1.40. The van der Waals surface area contributed by atoms with E-state index in [1.165, 1.54) is 0 Å². The number of nitrogens with one attached hydrogen (secondary N) is 1. The van der Waals surface area contributed by atoms with Crippen LogP contribution in [0.15, 0.2) is 30.3 Å². The van der Waals surface area contributed by atoms with Crippen LogP contribution in [0.25, 0.3) is 0 Å². The quantitative estimate of drug-likeness (QED) is 0.851. The normalized spacial score (nSPS) is 19.6. The highest BCUT2D eigenvalue weighted by atomic mass is 32.2. The first-order valence-corrected chi connectivity index (χ1v) is 8.44. The molecule has 1 aliphatic rings. The summed E-state index contributed by atoms with van der Waals surface area (Å²) in [5.74, 6) is 0.226. The number of hydrogen-bond acceptors (Lipinski definition) is 3. The minimum absolute atomic E-state index is 0.0625.